The fraction of sp³-hybridized carbons (Fsp3) is 0.143. The first-order chi connectivity index (χ1) is 9.47. The molecule has 20 heavy (non-hydrogen) atoms. The summed E-state index contributed by atoms with van der Waals surface area (Å²) >= 11 is 3.10. The highest BCUT2D eigenvalue weighted by atomic mass is 79.9. The van der Waals surface area contributed by atoms with Gasteiger partial charge in [0.2, 0.25) is 0 Å². The number of hydrogen-bond acceptors (Lipinski definition) is 3. The number of nitrogens with one attached hydrogen (secondary N) is 2. The summed E-state index contributed by atoms with van der Waals surface area (Å²) in [5.41, 5.74) is 7.08. The van der Waals surface area contributed by atoms with Crippen LogP contribution in [0.5, 0.6) is 0 Å². The van der Waals surface area contributed by atoms with Crippen molar-refractivity contribution in [1.29, 1.82) is 0 Å². The monoisotopic (exact) mass is 336 g/mol. The molecule has 0 aliphatic rings. The zero-order valence-electron chi connectivity index (χ0n) is 11.0. The number of aryl methyl sites for hydroxylation is 2. The van der Waals surface area contributed by atoms with Crippen molar-refractivity contribution in [2.75, 3.05) is 0 Å². The predicted octanol–water partition coefficient (Wildman–Crippen LogP) is 2.73. The maximum Gasteiger partial charge on any atom is 0.305 e. The van der Waals surface area contributed by atoms with E-state index < -0.39 is 5.91 Å². The van der Waals surface area contributed by atoms with E-state index in [1.165, 1.54) is 6.07 Å². The lowest BCUT2D eigenvalue weighted by molar-refractivity contribution is 0.0830. The van der Waals surface area contributed by atoms with Crippen molar-refractivity contribution < 1.29 is 14.0 Å². The second-order valence-corrected chi connectivity index (χ2v) is 5.11. The van der Waals surface area contributed by atoms with Gasteiger partial charge in [0.25, 0.3) is 5.91 Å². The number of hydrogen-bond donors (Lipinski definition) is 2. The zero-order chi connectivity index (χ0) is 14.7. The van der Waals surface area contributed by atoms with Gasteiger partial charge in [0.05, 0.1) is 0 Å². The molecular formula is C14H13BrN2O3. The highest BCUT2D eigenvalue weighted by molar-refractivity contribution is 9.10. The van der Waals surface area contributed by atoms with Gasteiger partial charge in [-0.1, -0.05) is 17.7 Å². The Balaban J connectivity index is 2.00. The third kappa shape index (κ3) is 3.27. The Labute approximate surface area is 124 Å². The van der Waals surface area contributed by atoms with Crippen molar-refractivity contribution in [2.45, 2.75) is 13.8 Å². The molecule has 0 aliphatic heterocycles. The van der Waals surface area contributed by atoms with E-state index in [4.69, 9.17) is 4.42 Å². The smallest absolute Gasteiger partial charge is 0.305 e. The fourth-order valence-corrected chi connectivity index (χ4v) is 2.05. The molecule has 0 fully saturated rings. The molecule has 5 nitrogen and oxygen atoms in total. The Bertz CT molecular complexity index is 664. The zero-order valence-corrected chi connectivity index (χ0v) is 12.6. The van der Waals surface area contributed by atoms with Gasteiger partial charge in [-0.05, 0) is 53.5 Å². The van der Waals surface area contributed by atoms with Crippen molar-refractivity contribution in [1.82, 2.24) is 10.9 Å². The molecule has 0 unspecified atom stereocenters. The summed E-state index contributed by atoms with van der Waals surface area (Å²) in [6.07, 6.45) is 0. The van der Waals surface area contributed by atoms with Crippen molar-refractivity contribution in [3.8, 4) is 0 Å². The van der Waals surface area contributed by atoms with E-state index in [0.29, 0.717) is 10.2 Å². The molecule has 2 aromatic rings. The summed E-state index contributed by atoms with van der Waals surface area (Å²) in [5, 5.41) is 0. The van der Waals surface area contributed by atoms with Gasteiger partial charge in [-0.15, -0.1) is 0 Å². The lowest BCUT2D eigenvalue weighted by Crippen LogP contribution is -2.41. The van der Waals surface area contributed by atoms with Gasteiger partial charge in [-0.3, -0.25) is 20.4 Å². The van der Waals surface area contributed by atoms with E-state index in [1.54, 1.807) is 12.1 Å². The number of carbonyl (C=O) groups excluding carboxylic acids is 2. The molecule has 2 amide bonds. The molecule has 0 atom stereocenters. The van der Waals surface area contributed by atoms with E-state index in [-0.39, 0.29) is 11.7 Å². The minimum absolute atomic E-state index is 0.109. The van der Waals surface area contributed by atoms with Crippen LogP contribution < -0.4 is 10.9 Å². The van der Waals surface area contributed by atoms with Gasteiger partial charge in [0.15, 0.2) is 10.4 Å². The first kappa shape index (κ1) is 14.3. The number of amides is 2. The van der Waals surface area contributed by atoms with E-state index in [9.17, 15) is 9.59 Å². The molecule has 0 saturated carbocycles. The van der Waals surface area contributed by atoms with E-state index in [2.05, 4.69) is 26.8 Å². The standard InChI is InChI=1S/C14H13BrN2O3/c1-8-3-4-10(9(2)7-8)13(18)16-17-14(19)11-5-6-12(15)20-11/h3-7H,1-2H3,(H,16,18)(H,17,19). The molecule has 2 rings (SSSR count). The summed E-state index contributed by atoms with van der Waals surface area (Å²) in [6.45, 7) is 3.79. The van der Waals surface area contributed by atoms with Crippen molar-refractivity contribution in [2.24, 2.45) is 0 Å². The molecular weight excluding hydrogens is 324 g/mol. The molecule has 1 aromatic carbocycles. The maximum absolute atomic E-state index is 12.0. The number of rotatable bonds is 2. The molecule has 2 N–H and O–H groups in total. The van der Waals surface area contributed by atoms with Crippen LogP contribution in [0.4, 0.5) is 0 Å². The first-order valence-electron chi connectivity index (χ1n) is 5.90. The van der Waals surface area contributed by atoms with Crippen LogP contribution in [0.3, 0.4) is 0 Å². The van der Waals surface area contributed by atoms with Crippen LogP contribution in [0.25, 0.3) is 0 Å². The fourth-order valence-electron chi connectivity index (χ4n) is 1.75. The van der Waals surface area contributed by atoms with Gasteiger partial charge >= 0.3 is 5.91 Å². The second kappa shape index (κ2) is 5.92. The second-order valence-electron chi connectivity index (χ2n) is 4.33. The minimum Gasteiger partial charge on any atom is -0.444 e. The van der Waals surface area contributed by atoms with Crippen LogP contribution in [0.15, 0.2) is 39.4 Å². The summed E-state index contributed by atoms with van der Waals surface area (Å²) in [5.74, 6) is -0.784. The molecule has 0 saturated heterocycles. The van der Waals surface area contributed by atoms with Gasteiger partial charge in [0.1, 0.15) is 0 Å². The normalized spacial score (nSPS) is 10.2. The van der Waals surface area contributed by atoms with Gasteiger partial charge in [0, 0.05) is 5.56 Å². The molecule has 1 aromatic heterocycles. The first-order valence-corrected chi connectivity index (χ1v) is 6.70. The highest BCUT2D eigenvalue weighted by Gasteiger charge is 2.13. The average Bonchev–Trinajstić information content (AvgIpc) is 2.82. The average molecular weight is 337 g/mol. The number of carbonyl (C=O) groups is 2. The molecule has 0 radical (unpaired) electrons. The SMILES string of the molecule is Cc1ccc(C(=O)NNC(=O)c2ccc(Br)o2)c(C)c1. The van der Waals surface area contributed by atoms with Crippen LogP contribution >= 0.6 is 15.9 Å². The van der Waals surface area contributed by atoms with E-state index in [0.717, 1.165) is 11.1 Å². The number of hydrazine groups is 1. The Hall–Kier alpha value is -2.08. The molecule has 1 heterocycles. The quantitative estimate of drug-likeness (QED) is 0.828. The lowest BCUT2D eigenvalue weighted by atomic mass is 10.1. The third-order valence-corrected chi connectivity index (χ3v) is 3.14. The van der Waals surface area contributed by atoms with Gasteiger partial charge < -0.3 is 4.42 Å². The third-order valence-electron chi connectivity index (χ3n) is 2.71. The van der Waals surface area contributed by atoms with Gasteiger partial charge in [-0.2, -0.15) is 0 Å². The number of halogens is 1. The molecule has 104 valence electrons. The van der Waals surface area contributed by atoms with Crippen molar-refractivity contribution in [3.63, 3.8) is 0 Å². The van der Waals surface area contributed by atoms with Crippen LogP contribution in [0.2, 0.25) is 0 Å². The van der Waals surface area contributed by atoms with Gasteiger partial charge in [-0.25, -0.2) is 0 Å². The Morgan fingerprint density at radius 2 is 1.75 bits per heavy atom. The Morgan fingerprint density at radius 3 is 2.35 bits per heavy atom. The summed E-state index contributed by atoms with van der Waals surface area (Å²) in [4.78, 5) is 23.6. The predicted molar refractivity (Wildman–Crippen MR) is 77.3 cm³/mol. The molecule has 0 spiro atoms. The molecule has 0 bridgehead atoms. The summed E-state index contributed by atoms with van der Waals surface area (Å²) in [6, 6.07) is 8.56. The van der Waals surface area contributed by atoms with E-state index in [1.807, 2.05) is 26.0 Å². The number of furan rings is 1. The number of benzene rings is 1. The van der Waals surface area contributed by atoms with Crippen molar-refractivity contribution in [3.05, 3.63) is 57.5 Å². The largest absolute Gasteiger partial charge is 0.444 e. The Morgan fingerprint density at radius 1 is 1.05 bits per heavy atom. The highest BCUT2D eigenvalue weighted by Crippen LogP contribution is 2.13. The minimum atomic E-state index is -0.520. The van der Waals surface area contributed by atoms with Crippen LogP contribution in [0, 0.1) is 13.8 Å². The van der Waals surface area contributed by atoms with E-state index >= 15 is 0 Å². The molecule has 6 heteroatoms. The van der Waals surface area contributed by atoms with Crippen molar-refractivity contribution >= 4 is 27.7 Å². The maximum atomic E-state index is 12.0. The van der Waals surface area contributed by atoms with Crippen LogP contribution in [-0.2, 0) is 0 Å². The van der Waals surface area contributed by atoms with Crippen LogP contribution in [-0.4, -0.2) is 11.8 Å². The van der Waals surface area contributed by atoms with Crippen LogP contribution in [0.1, 0.15) is 32.0 Å². The lowest BCUT2D eigenvalue weighted by Gasteiger charge is -2.08. The summed E-state index contributed by atoms with van der Waals surface area (Å²) in [7, 11) is 0. The summed E-state index contributed by atoms with van der Waals surface area (Å²) < 4.78 is 5.52. The topological polar surface area (TPSA) is 71.3 Å². The Kier molecular flexibility index (Phi) is 4.24. The molecule has 0 aliphatic carbocycles.